The van der Waals surface area contributed by atoms with Crippen molar-refractivity contribution in [2.24, 2.45) is 5.41 Å². The van der Waals surface area contributed by atoms with E-state index in [0.29, 0.717) is 21.4 Å². The molecule has 0 aromatic heterocycles. The fourth-order valence-corrected chi connectivity index (χ4v) is 3.88. The van der Waals surface area contributed by atoms with Crippen molar-refractivity contribution in [1.82, 2.24) is 0 Å². The van der Waals surface area contributed by atoms with Crippen molar-refractivity contribution in [1.29, 1.82) is 0 Å². The number of benzene rings is 1. The van der Waals surface area contributed by atoms with E-state index in [1.54, 1.807) is 7.11 Å². The molecule has 1 aromatic carbocycles. The molecule has 1 spiro atoms. The Morgan fingerprint density at radius 3 is 2.50 bits per heavy atom. The first-order valence-corrected chi connectivity index (χ1v) is 6.94. The van der Waals surface area contributed by atoms with E-state index in [1.807, 2.05) is 6.07 Å². The van der Waals surface area contributed by atoms with Gasteiger partial charge >= 0.3 is 0 Å². The lowest BCUT2D eigenvalue weighted by Gasteiger charge is -2.19. The summed E-state index contributed by atoms with van der Waals surface area (Å²) in [5, 5.41) is 0.709. The molecular weight excluding hydrogens is 271 g/mol. The van der Waals surface area contributed by atoms with Crippen LogP contribution in [0.25, 0.3) is 0 Å². The maximum atomic E-state index is 12.6. The van der Waals surface area contributed by atoms with Crippen molar-refractivity contribution in [3.05, 3.63) is 27.2 Å². The second-order valence-electron chi connectivity index (χ2n) is 5.23. The molecule has 0 aliphatic heterocycles. The predicted octanol–water partition coefficient (Wildman–Crippen LogP) is 4.30. The lowest BCUT2D eigenvalue weighted by Crippen LogP contribution is -2.23. The van der Waals surface area contributed by atoms with Gasteiger partial charge in [-0.25, -0.2) is 0 Å². The van der Waals surface area contributed by atoms with Crippen LogP contribution in [0.15, 0.2) is 6.07 Å². The highest BCUT2D eigenvalue weighted by molar-refractivity contribution is 6.45. The number of hydrogen-bond donors (Lipinski definition) is 0. The lowest BCUT2D eigenvalue weighted by molar-refractivity contribution is 0.0827. The summed E-state index contributed by atoms with van der Waals surface area (Å²) in [5.41, 5.74) is 1.42. The van der Waals surface area contributed by atoms with Crippen LogP contribution in [-0.2, 0) is 6.42 Å². The third-order valence-corrected chi connectivity index (χ3v) is 5.12. The molecule has 1 saturated carbocycles. The average Bonchev–Trinajstić information content (AvgIpc) is 2.92. The molecule has 2 aliphatic rings. The Morgan fingerprint density at radius 1 is 1.22 bits per heavy atom. The van der Waals surface area contributed by atoms with Crippen LogP contribution in [0.4, 0.5) is 0 Å². The minimum atomic E-state index is -0.207. The number of ketones is 1. The molecule has 1 fully saturated rings. The highest BCUT2D eigenvalue weighted by atomic mass is 35.5. The van der Waals surface area contributed by atoms with Crippen LogP contribution in [0.5, 0.6) is 5.75 Å². The highest BCUT2D eigenvalue weighted by Crippen LogP contribution is 2.52. The Labute approximate surface area is 116 Å². The number of carbonyl (C=O) groups excluding carboxylic acids is 1. The van der Waals surface area contributed by atoms with E-state index in [-0.39, 0.29) is 11.2 Å². The van der Waals surface area contributed by atoms with Crippen molar-refractivity contribution >= 4 is 29.0 Å². The standard InChI is InChI=1S/C14H14Cl2O2/c1-18-9-6-8-7-14(4-2-3-5-14)13(17)10(8)12(16)11(9)15/h6H,2-5,7H2,1H3. The molecule has 0 saturated heterocycles. The van der Waals surface area contributed by atoms with E-state index in [0.717, 1.165) is 37.7 Å². The molecule has 0 unspecified atom stereocenters. The molecule has 18 heavy (non-hydrogen) atoms. The fraction of sp³-hybridized carbons (Fsp3) is 0.500. The number of carbonyl (C=O) groups is 1. The smallest absolute Gasteiger partial charge is 0.171 e. The number of halogens is 2. The van der Waals surface area contributed by atoms with Gasteiger partial charge in [-0.1, -0.05) is 36.0 Å². The molecule has 0 atom stereocenters. The van der Waals surface area contributed by atoms with E-state index in [4.69, 9.17) is 27.9 Å². The van der Waals surface area contributed by atoms with Crippen molar-refractivity contribution in [2.45, 2.75) is 32.1 Å². The predicted molar refractivity (Wildman–Crippen MR) is 71.9 cm³/mol. The molecule has 96 valence electrons. The van der Waals surface area contributed by atoms with Crippen LogP contribution in [0.2, 0.25) is 10.0 Å². The van der Waals surface area contributed by atoms with Crippen LogP contribution in [-0.4, -0.2) is 12.9 Å². The van der Waals surface area contributed by atoms with Gasteiger partial charge in [-0.05, 0) is 30.9 Å². The topological polar surface area (TPSA) is 26.3 Å². The van der Waals surface area contributed by atoms with Crippen molar-refractivity contribution in [3.8, 4) is 5.75 Å². The number of ether oxygens (including phenoxy) is 1. The SMILES string of the molecule is COc1cc2c(c(Cl)c1Cl)C(=O)C1(CCCC1)C2. The summed E-state index contributed by atoms with van der Waals surface area (Å²) in [5.74, 6) is 0.743. The summed E-state index contributed by atoms with van der Waals surface area (Å²) >= 11 is 12.4. The third-order valence-electron chi connectivity index (χ3n) is 4.27. The molecule has 2 aliphatic carbocycles. The first-order chi connectivity index (χ1) is 8.59. The van der Waals surface area contributed by atoms with Gasteiger partial charge in [-0.2, -0.15) is 0 Å². The fourth-order valence-electron chi connectivity index (χ4n) is 3.35. The number of Topliss-reactive ketones (excluding diaryl/α,β-unsaturated/α-hetero) is 1. The molecule has 0 amide bonds. The average molecular weight is 285 g/mol. The summed E-state index contributed by atoms with van der Waals surface area (Å²) in [4.78, 5) is 12.6. The summed E-state index contributed by atoms with van der Waals surface area (Å²) in [7, 11) is 1.56. The van der Waals surface area contributed by atoms with E-state index < -0.39 is 0 Å². The van der Waals surface area contributed by atoms with Gasteiger partial charge in [0, 0.05) is 11.0 Å². The van der Waals surface area contributed by atoms with E-state index in [9.17, 15) is 4.79 Å². The van der Waals surface area contributed by atoms with Gasteiger partial charge in [0.1, 0.15) is 10.8 Å². The summed E-state index contributed by atoms with van der Waals surface area (Å²) in [6.45, 7) is 0. The van der Waals surface area contributed by atoms with Crippen molar-refractivity contribution in [3.63, 3.8) is 0 Å². The highest BCUT2D eigenvalue weighted by Gasteiger charge is 2.48. The van der Waals surface area contributed by atoms with Crippen molar-refractivity contribution in [2.75, 3.05) is 7.11 Å². The minimum absolute atomic E-state index is 0.185. The van der Waals surface area contributed by atoms with Gasteiger partial charge in [-0.3, -0.25) is 4.79 Å². The Kier molecular flexibility index (Phi) is 2.83. The van der Waals surface area contributed by atoms with Crippen LogP contribution in [0, 0.1) is 5.41 Å². The zero-order valence-corrected chi connectivity index (χ0v) is 11.7. The van der Waals surface area contributed by atoms with Gasteiger partial charge in [0.05, 0.1) is 12.1 Å². The number of rotatable bonds is 1. The molecule has 1 aromatic rings. The Hall–Kier alpha value is -0.730. The summed E-state index contributed by atoms with van der Waals surface area (Å²) < 4.78 is 5.21. The maximum Gasteiger partial charge on any atom is 0.171 e. The van der Waals surface area contributed by atoms with E-state index >= 15 is 0 Å². The van der Waals surface area contributed by atoms with Crippen LogP contribution in [0.3, 0.4) is 0 Å². The van der Waals surface area contributed by atoms with Gasteiger partial charge in [0.15, 0.2) is 5.78 Å². The first kappa shape index (κ1) is 12.3. The molecule has 3 rings (SSSR count). The normalized spacial score (nSPS) is 20.5. The molecule has 0 bridgehead atoms. The van der Waals surface area contributed by atoms with E-state index in [2.05, 4.69) is 0 Å². The molecule has 0 radical (unpaired) electrons. The number of methoxy groups -OCH3 is 1. The van der Waals surface area contributed by atoms with Gasteiger partial charge in [-0.15, -0.1) is 0 Å². The third kappa shape index (κ3) is 1.52. The molecule has 0 heterocycles. The van der Waals surface area contributed by atoms with Gasteiger partial charge in [0.2, 0.25) is 0 Å². The van der Waals surface area contributed by atoms with Crippen LogP contribution >= 0.6 is 23.2 Å². The number of fused-ring (bicyclic) bond motifs is 1. The number of hydrogen-bond acceptors (Lipinski definition) is 2. The maximum absolute atomic E-state index is 12.6. The Morgan fingerprint density at radius 2 is 1.89 bits per heavy atom. The lowest BCUT2D eigenvalue weighted by atomic mass is 9.82. The largest absolute Gasteiger partial charge is 0.495 e. The molecule has 2 nitrogen and oxygen atoms in total. The van der Waals surface area contributed by atoms with Gasteiger partial charge in [0.25, 0.3) is 0 Å². The van der Waals surface area contributed by atoms with Crippen LogP contribution < -0.4 is 4.74 Å². The molecule has 4 heteroatoms. The second kappa shape index (κ2) is 4.14. The zero-order chi connectivity index (χ0) is 12.9. The van der Waals surface area contributed by atoms with Gasteiger partial charge < -0.3 is 4.74 Å². The Balaban J connectivity index is 2.15. The second-order valence-corrected chi connectivity index (χ2v) is 5.99. The van der Waals surface area contributed by atoms with Crippen molar-refractivity contribution < 1.29 is 9.53 Å². The minimum Gasteiger partial charge on any atom is -0.495 e. The molecular formula is C14H14Cl2O2. The monoisotopic (exact) mass is 284 g/mol. The van der Waals surface area contributed by atoms with Crippen LogP contribution in [0.1, 0.15) is 41.6 Å². The summed E-state index contributed by atoms with van der Waals surface area (Å²) in [6.07, 6.45) is 4.98. The zero-order valence-electron chi connectivity index (χ0n) is 10.2. The Bertz CT molecular complexity index is 531. The first-order valence-electron chi connectivity index (χ1n) is 6.19. The quantitative estimate of drug-likeness (QED) is 0.769. The summed E-state index contributed by atoms with van der Waals surface area (Å²) in [6, 6.07) is 1.87. The molecule has 0 N–H and O–H groups in total. The van der Waals surface area contributed by atoms with E-state index in [1.165, 1.54) is 0 Å².